The molecule has 0 unspecified atom stereocenters. The van der Waals surface area contributed by atoms with E-state index in [4.69, 9.17) is 9.41 Å². The molecule has 31 heavy (non-hydrogen) atoms. The van der Waals surface area contributed by atoms with Crippen molar-refractivity contribution in [1.29, 1.82) is 0 Å². The maximum Gasteiger partial charge on any atom is 0.277 e. The van der Waals surface area contributed by atoms with Gasteiger partial charge in [-0.05, 0) is 56.4 Å². The summed E-state index contributed by atoms with van der Waals surface area (Å²) in [7, 11) is 0. The molecule has 1 aromatic carbocycles. The zero-order valence-corrected chi connectivity index (χ0v) is 18.1. The Balaban J connectivity index is 1.56. The van der Waals surface area contributed by atoms with Crippen LogP contribution in [-0.4, -0.2) is 24.1 Å². The second-order valence-electron chi connectivity index (χ2n) is 7.68. The molecule has 0 radical (unpaired) electrons. The number of aliphatic imine (C=N–C) groups is 1. The SMILES string of the molecule is CCN1C(=O)C(=Nc2sc3c(c2C(=O)NCc2ccco2)CCCC3)c2ccccc21. The van der Waals surface area contributed by atoms with E-state index >= 15 is 0 Å². The third-order valence-electron chi connectivity index (χ3n) is 5.81. The minimum Gasteiger partial charge on any atom is -0.467 e. The number of furan rings is 1. The molecule has 6 nitrogen and oxygen atoms in total. The van der Waals surface area contributed by atoms with Crippen molar-refractivity contribution in [2.75, 3.05) is 11.4 Å². The lowest BCUT2D eigenvalue weighted by Crippen LogP contribution is -2.29. The van der Waals surface area contributed by atoms with Gasteiger partial charge in [-0.2, -0.15) is 0 Å². The van der Waals surface area contributed by atoms with Crippen molar-refractivity contribution >= 4 is 39.6 Å². The summed E-state index contributed by atoms with van der Waals surface area (Å²) in [6.45, 7) is 2.85. The predicted octanol–water partition coefficient (Wildman–Crippen LogP) is 4.64. The molecule has 0 atom stereocenters. The van der Waals surface area contributed by atoms with Gasteiger partial charge in [0.2, 0.25) is 0 Å². The molecule has 0 saturated heterocycles. The monoisotopic (exact) mass is 433 g/mol. The maximum absolute atomic E-state index is 13.2. The van der Waals surface area contributed by atoms with Gasteiger partial charge in [0.15, 0.2) is 0 Å². The fraction of sp³-hybridized carbons (Fsp3) is 0.292. The van der Waals surface area contributed by atoms with Gasteiger partial charge < -0.3 is 14.6 Å². The first-order chi connectivity index (χ1) is 15.2. The van der Waals surface area contributed by atoms with Crippen molar-refractivity contribution in [1.82, 2.24) is 5.32 Å². The molecule has 0 bridgehead atoms. The summed E-state index contributed by atoms with van der Waals surface area (Å²) in [5.41, 5.74) is 3.80. The summed E-state index contributed by atoms with van der Waals surface area (Å²) in [5, 5.41) is 3.59. The molecule has 0 saturated carbocycles. The van der Waals surface area contributed by atoms with Gasteiger partial charge >= 0.3 is 0 Å². The number of hydrogen-bond donors (Lipinski definition) is 1. The molecule has 3 aromatic rings. The number of carbonyl (C=O) groups excluding carboxylic acids is 2. The van der Waals surface area contributed by atoms with Crippen molar-refractivity contribution in [2.24, 2.45) is 4.99 Å². The molecule has 1 N–H and O–H groups in total. The van der Waals surface area contributed by atoms with Crippen LogP contribution in [-0.2, 0) is 24.2 Å². The van der Waals surface area contributed by atoms with Crippen LogP contribution in [0.2, 0.25) is 0 Å². The minimum absolute atomic E-state index is 0.114. The van der Waals surface area contributed by atoms with Crippen molar-refractivity contribution in [3.63, 3.8) is 0 Å². The molecule has 2 aliphatic rings. The third-order valence-corrected chi connectivity index (χ3v) is 7.00. The zero-order valence-electron chi connectivity index (χ0n) is 17.3. The Hall–Kier alpha value is -3.19. The molecule has 1 aliphatic carbocycles. The number of benzene rings is 1. The summed E-state index contributed by atoms with van der Waals surface area (Å²) in [6.07, 6.45) is 5.58. The lowest BCUT2D eigenvalue weighted by atomic mass is 9.95. The average Bonchev–Trinajstić information content (AvgIpc) is 3.49. The molecule has 5 rings (SSSR count). The molecular weight excluding hydrogens is 410 g/mol. The average molecular weight is 434 g/mol. The second kappa shape index (κ2) is 8.15. The lowest BCUT2D eigenvalue weighted by Gasteiger charge is -2.13. The fourth-order valence-electron chi connectivity index (χ4n) is 4.32. The number of rotatable bonds is 5. The Labute approximate surface area is 184 Å². The Bertz CT molecular complexity index is 1180. The summed E-state index contributed by atoms with van der Waals surface area (Å²) < 4.78 is 5.34. The van der Waals surface area contributed by atoms with Gasteiger partial charge in [0.05, 0.1) is 24.1 Å². The summed E-state index contributed by atoms with van der Waals surface area (Å²) >= 11 is 1.54. The summed E-state index contributed by atoms with van der Waals surface area (Å²) in [6, 6.07) is 11.3. The third kappa shape index (κ3) is 3.49. The number of hydrogen-bond acceptors (Lipinski definition) is 5. The van der Waals surface area contributed by atoms with E-state index in [1.54, 1.807) is 28.6 Å². The van der Waals surface area contributed by atoms with Crippen LogP contribution in [0.4, 0.5) is 10.7 Å². The molecule has 0 fully saturated rings. The van der Waals surface area contributed by atoms with Crippen molar-refractivity contribution in [3.8, 4) is 0 Å². The normalized spacial score (nSPS) is 16.5. The Morgan fingerprint density at radius 2 is 2.03 bits per heavy atom. The number of likely N-dealkylation sites (N-methyl/N-ethyl adjacent to an activating group) is 1. The molecule has 0 spiro atoms. The second-order valence-corrected chi connectivity index (χ2v) is 8.76. The number of anilines is 1. The van der Waals surface area contributed by atoms with E-state index in [0.717, 1.165) is 42.5 Å². The Kier molecular flexibility index (Phi) is 5.19. The zero-order chi connectivity index (χ0) is 21.4. The highest BCUT2D eigenvalue weighted by atomic mass is 32.1. The standard InChI is InChI=1S/C24H23N3O3S/c1-2-27-18-11-5-3-9-16(18)21(24(27)29)26-23-20(17-10-4-6-12-19(17)31-23)22(28)25-14-15-8-7-13-30-15/h3,5,7-9,11,13H,2,4,6,10,12,14H2,1H3,(H,25,28). The number of para-hydroxylation sites is 1. The molecule has 1 aliphatic heterocycles. The van der Waals surface area contributed by atoms with Crippen molar-refractivity contribution < 1.29 is 14.0 Å². The summed E-state index contributed by atoms with van der Waals surface area (Å²) in [4.78, 5) is 34.0. The number of nitrogens with zero attached hydrogens (tertiary/aromatic N) is 2. The topological polar surface area (TPSA) is 74.9 Å². The fourth-order valence-corrected chi connectivity index (χ4v) is 5.58. The van der Waals surface area contributed by atoms with Gasteiger partial charge in [0.1, 0.15) is 16.5 Å². The van der Waals surface area contributed by atoms with Gasteiger partial charge in [0.25, 0.3) is 11.8 Å². The largest absolute Gasteiger partial charge is 0.467 e. The first-order valence-electron chi connectivity index (χ1n) is 10.6. The molecule has 2 amide bonds. The summed E-state index contributed by atoms with van der Waals surface area (Å²) in [5.74, 6) is 0.419. The van der Waals surface area contributed by atoms with Gasteiger partial charge in [0, 0.05) is 17.0 Å². The van der Waals surface area contributed by atoms with E-state index < -0.39 is 0 Å². The van der Waals surface area contributed by atoms with E-state index in [1.165, 1.54) is 4.88 Å². The van der Waals surface area contributed by atoms with Crippen LogP contribution in [0, 0.1) is 0 Å². The molecule has 3 heterocycles. The van der Waals surface area contributed by atoms with Gasteiger partial charge in [-0.25, -0.2) is 4.99 Å². The highest BCUT2D eigenvalue weighted by Crippen LogP contribution is 2.41. The predicted molar refractivity (Wildman–Crippen MR) is 122 cm³/mol. The van der Waals surface area contributed by atoms with Crippen LogP contribution >= 0.6 is 11.3 Å². The van der Waals surface area contributed by atoms with E-state index in [2.05, 4.69) is 5.32 Å². The Morgan fingerprint density at radius 1 is 1.19 bits per heavy atom. The van der Waals surface area contributed by atoms with Crippen molar-refractivity contribution in [3.05, 3.63) is 70.0 Å². The molecule has 7 heteroatoms. The molecule has 2 aromatic heterocycles. The van der Waals surface area contributed by atoms with Crippen LogP contribution in [0.25, 0.3) is 0 Å². The lowest BCUT2D eigenvalue weighted by molar-refractivity contribution is -0.112. The van der Waals surface area contributed by atoms with E-state index in [-0.39, 0.29) is 11.8 Å². The van der Waals surface area contributed by atoms with Crippen LogP contribution in [0.15, 0.2) is 52.1 Å². The van der Waals surface area contributed by atoms with E-state index in [0.29, 0.717) is 35.1 Å². The number of amides is 2. The van der Waals surface area contributed by atoms with E-state index in [1.807, 2.05) is 37.3 Å². The smallest absolute Gasteiger partial charge is 0.277 e. The highest BCUT2D eigenvalue weighted by molar-refractivity contribution is 7.16. The van der Waals surface area contributed by atoms with Crippen LogP contribution < -0.4 is 10.2 Å². The first-order valence-corrected chi connectivity index (χ1v) is 11.4. The maximum atomic E-state index is 13.2. The number of carbonyl (C=O) groups is 2. The molecule has 158 valence electrons. The number of nitrogens with one attached hydrogen (secondary N) is 1. The number of thiophene rings is 1. The van der Waals surface area contributed by atoms with Crippen LogP contribution in [0.3, 0.4) is 0 Å². The van der Waals surface area contributed by atoms with Crippen LogP contribution in [0.5, 0.6) is 0 Å². The Morgan fingerprint density at radius 3 is 2.84 bits per heavy atom. The number of aryl methyl sites for hydroxylation is 1. The quantitative estimate of drug-likeness (QED) is 0.637. The first kappa shape index (κ1) is 19.8. The number of fused-ring (bicyclic) bond motifs is 2. The van der Waals surface area contributed by atoms with Crippen molar-refractivity contribution in [2.45, 2.75) is 39.2 Å². The van der Waals surface area contributed by atoms with Gasteiger partial charge in [-0.15, -0.1) is 11.3 Å². The van der Waals surface area contributed by atoms with E-state index in [9.17, 15) is 9.59 Å². The minimum atomic E-state index is -0.166. The van der Waals surface area contributed by atoms with Crippen LogP contribution in [0.1, 0.15) is 51.9 Å². The molecular formula is C24H23N3O3S. The van der Waals surface area contributed by atoms with Gasteiger partial charge in [-0.1, -0.05) is 18.2 Å². The highest BCUT2D eigenvalue weighted by Gasteiger charge is 2.34. The van der Waals surface area contributed by atoms with Gasteiger partial charge in [-0.3, -0.25) is 9.59 Å².